The van der Waals surface area contributed by atoms with Crippen molar-refractivity contribution in [2.45, 2.75) is 71.4 Å². The lowest BCUT2D eigenvalue weighted by atomic mass is 10.00. The van der Waals surface area contributed by atoms with Crippen molar-refractivity contribution in [1.29, 1.82) is 0 Å². The van der Waals surface area contributed by atoms with E-state index in [2.05, 4.69) is 51.1 Å². The number of halogens is 1. The van der Waals surface area contributed by atoms with Gasteiger partial charge in [0.25, 0.3) is 5.91 Å². The number of aryl methyl sites for hydroxylation is 1. The van der Waals surface area contributed by atoms with Crippen LogP contribution in [-0.2, 0) is 11.3 Å². The number of carbonyl (C=O) groups excluding carboxylic acids is 2. The van der Waals surface area contributed by atoms with Gasteiger partial charge >= 0.3 is 0 Å². The maximum atomic E-state index is 14.0. The summed E-state index contributed by atoms with van der Waals surface area (Å²) in [5, 5.41) is 14.7. The number of nitrogens with one attached hydrogen (secondary N) is 1. The molecule has 5 rings (SSSR count). The van der Waals surface area contributed by atoms with Crippen LogP contribution < -0.4 is 5.32 Å². The van der Waals surface area contributed by atoms with E-state index in [1.54, 1.807) is 21.1 Å². The van der Waals surface area contributed by atoms with E-state index in [4.69, 9.17) is 0 Å². The maximum absolute atomic E-state index is 14.0. The number of aliphatic hydroxyl groups is 1. The third-order valence-electron chi connectivity index (χ3n) is 7.91. The first-order valence-electron chi connectivity index (χ1n) is 13.5. The van der Waals surface area contributed by atoms with E-state index in [0.717, 1.165) is 32.4 Å². The number of likely N-dealkylation sites (tertiary alicyclic amines) is 1. The van der Waals surface area contributed by atoms with Crippen molar-refractivity contribution in [1.82, 2.24) is 20.1 Å². The summed E-state index contributed by atoms with van der Waals surface area (Å²) in [5.41, 5.74) is 6.76. The quantitative estimate of drug-likeness (QED) is 0.252. The Balaban J connectivity index is 1.29. The van der Waals surface area contributed by atoms with Crippen molar-refractivity contribution in [2.75, 3.05) is 6.54 Å². The lowest BCUT2D eigenvalue weighted by Gasteiger charge is -2.37. The molecule has 2 amide bonds. The fraction of sp³-hybridized carbons (Fsp3) is 0.433. The largest absolute Gasteiger partial charge is 0.376 e. The zero-order valence-electron chi connectivity index (χ0n) is 22.7. The van der Waals surface area contributed by atoms with E-state index in [1.165, 1.54) is 4.88 Å². The van der Waals surface area contributed by atoms with Gasteiger partial charge in [0, 0.05) is 28.3 Å². The summed E-state index contributed by atoms with van der Waals surface area (Å²) in [7, 11) is 0. The van der Waals surface area contributed by atoms with Gasteiger partial charge in [0.05, 0.1) is 22.1 Å². The predicted octanol–water partition coefficient (Wildman–Crippen LogP) is 5.36. The Kier molecular flexibility index (Phi) is 8.42. The number of rotatable bonds is 8. The molecule has 0 spiro atoms. The number of fused-ring (bicyclic) bond motifs is 1. The molecule has 3 aromatic rings. The molecule has 1 saturated heterocycles. The normalized spacial score (nSPS) is 19.5. The van der Waals surface area contributed by atoms with Crippen LogP contribution in [-0.4, -0.2) is 56.6 Å². The number of hydrogen-bond donors (Lipinski definition) is 2. The minimum Gasteiger partial charge on any atom is -0.376 e. The number of amides is 2. The number of aromatic nitrogens is 1. The molecular formula is C30H35IN4O3S. The molecule has 39 heavy (non-hydrogen) atoms. The molecule has 2 aliphatic heterocycles. The molecule has 206 valence electrons. The first-order chi connectivity index (χ1) is 18.7. The van der Waals surface area contributed by atoms with Gasteiger partial charge in [0.15, 0.2) is 0 Å². The molecule has 1 fully saturated rings. The van der Waals surface area contributed by atoms with Crippen LogP contribution in [0.25, 0.3) is 10.4 Å². The SMILES string of the molecule is Cc1ncsc1-c1ccc(C(C)NC(O)C2CCCN2C(=O)[C@H](C(C)C)N2Cc3ccccc3C2=O)c(I)c1. The van der Waals surface area contributed by atoms with Gasteiger partial charge < -0.3 is 14.9 Å². The number of carbonyl (C=O) groups is 2. The van der Waals surface area contributed by atoms with Crippen LogP contribution in [0, 0.1) is 16.4 Å². The minimum absolute atomic E-state index is 0.0525. The van der Waals surface area contributed by atoms with Crippen LogP contribution in [0.15, 0.2) is 48.0 Å². The fourth-order valence-corrected chi connectivity index (χ4v) is 7.68. The van der Waals surface area contributed by atoms with Crippen molar-refractivity contribution in [3.8, 4) is 10.4 Å². The average Bonchev–Trinajstić information content (AvgIpc) is 3.63. The topological polar surface area (TPSA) is 85.8 Å². The molecule has 9 heteroatoms. The van der Waals surface area contributed by atoms with Crippen LogP contribution in [0.4, 0.5) is 0 Å². The Hall–Kier alpha value is -2.34. The van der Waals surface area contributed by atoms with Crippen LogP contribution in [0.1, 0.15) is 66.8 Å². The molecule has 1 aromatic heterocycles. The van der Waals surface area contributed by atoms with Gasteiger partial charge in [-0.05, 0) is 84.0 Å². The van der Waals surface area contributed by atoms with E-state index >= 15 is 0 Å². The molecule has 2 aromatic carbocycles. The molecule has 2 aliphatic rings. The van der Waals surface area contributed by atoms with Gasteiger partial charge in [-0.15, -0.1) is 11.3 Å². The molecule has 2 N–H and O–H groups in total. The first-order valence-corrected chi connectivity index (χ1v) is 15.5. The number of benzene rings is 2. The van der Waals surface area contributed by atoms with E-state index < -0.39 is 12.3 Å². The molecule has 0 bridgehead atoms. The van der Waals surface area contributed by atoms with Gasteiger partial charge in [0.1, 0.15) is 12.3 Å². The van der Waals surface area contributed by atoms with Gasteiger partial charge in [-0.2, -0.15) is 0 Å². The Bertz CT molecular complexity index is 1380. The molecule has 4 atom stereocenters. The summed E-state index contributed by atoms with van der Waals surface area (Å²) >= 11 is 3.98. The van der Waals surface area contributed by atoms with Gasteiger partial charge in [0.2, 0.25) is 5.91 Å². The highest BCUT2D eigenvalue weighted by Crippen LogP contribution is 2.33. The lowest BCUT2D eigenvalue weighted by Crippen LogP contribution is -2.56. The van der Waals surface area contributed by atoms with Crippen LogP contribution in [0.3, 0.4) is 0 Å². The van der Waals surface area contributed by atoms with E-state index in [1.807, 2.05) is 57.5 Å². The Morgan fingerprint density at radius 1 is 1.21 bits per heavy atom. The average molecular weight is 659 g/mol. The highest BCUT2D eigenvalue weighted by Gasteiger charge is 2.43. The smallest absolute Gasteiger partial charge is 0.255 e. The molecule has 3 heterocycles. The first kappa shape index (κ1) is 28.2. The van der Waals surface area contributed by atoms with Gasteiger partial charge in [-0.1, -0.05) is 44.2 Å². The van der Waals surface area contributed by atoms with Crippen LogP contribution >= 0.6 is 33.9 Å². The number of nitrogens with zero attached hydrogens (tertiary/aromatic N) is 3. The van der Waals surface area contributed by atoms with Crippen molar-refractivity contribution >= 4 is 45.7 Å². The maximum Gasteiger partial charge on any atom is 0.255 e. The second-order valence-electron chi connectivity index (χ2n) is 10.9. The van der Waals surface area contributed by atoms with E-state index in [9.17, 15) is 14.7 Å². The number of thiazole rings is 1. The second kappa shape index (κ2) is 11.6. The minimum atomic E-state index is -0.884. The number of aliphatic hydroxyl groups excluding tert-OH is 1. The van der Waals surface area contributed by atoms with Crippen molar-refractivity contribution in [3.05, 3.63) is 73.9 Å². The third-order valence-corrected chi connectivity index (χ3v) is 9.82. The zero-order valence-corrected chi connectivity index (χ0v) is 25.7. The summed E-state index contributed by atoms with van der Waals surface area (Å²) in [6.45, 7) is 9.05. The molecule has 0 radical (unpaired) electrons. The Labute approximate surface area is 247 Å². The predicted molar refractivity (Wildman–Crippen MR) is 162 cm³/mol. The molecular weight excluding hydrogens is 623 g/mol. The molecule has 0 aliphatic carbocycles. The summed E-state index contributed by atoms with van der Waals surface area (Å²) in [5.74, 6) is -0.225. The van der Waals surface area contributed by atoms with Crippen LogP contribution in [0.2, 0.25) is 0 Å². The van der Waals surface area contributed by atoms with Crippen molar-refractivity contribution < 1.29 is 14.7 Å². The van der Waals surface area contributed by atoms with Crippen LogP contribution in [0.5, 0.6) is 0 Å². The Morgan fingerprint density at radius 3 is 2.64 bits per heavy atom. The lowest BCUT2D eigenvalue weighted by molar-refractivity contribution is -0.141. The van der Waals surface area contributed by atoms with Crippen molar-refractivity contribution in [3.63, 3.8) is 0 Å². The molecule has 0 saturated carbocycles. The summed E-state index contributed by atoms with van der Waals surface area (Å²) in [6.07, 6.45) is 0.653. The monoisotopic (exact) mass is 658 g/mol. The third kappa shape index (κ3) is 5.51. The Morgan fingerprint density at radius 2 is 1.97 bits per heavy atom. The fourth-order valence-electron chi connectivity index (χ4n) is 5.90. The molecule has 7 nitrogen and oxygen atoms in total. The number of hydrogen-bond acceptors (Lipinski definition) is 6. The van der Waals surface area contributed by atoms with E-state index in [-0.39, 0.29) is 29.8 Å². The highest BCUT2D eigenvalue weighted by atomic mass is 127. The van der Waals surface area contributed by atoms with Gasteiger partial charge in [-0.3, -0.25) is 14.9 Å². The van der Waals surface area contributed by atoms with Gasteiger partial charge in [-0.25, -0.2) is 4.98 Å². The summed E-state index contributed by atoms with van der Waals surface area (Å²) in [4.78, 5) is 36.2. The van der Waals surface area contributed by atoms with Crippen molar-refractivity contribution in [2.24, 2.45) is 5.92 Å². The molecule has 3 unspecified atom stereocenters. The zero-order chi connectivity index (χ0) is 27.8. The summed E-state index contributed by atoms with van der Waals surface area (Å²) in [6, 6.07) is 12.9. The second-order valence-corrected chi connectivity index (χ2v) is 12.9. The summed E-state index contributed by atoms with van der Waals surface area (Å²) < 4.78 is 1.11. The van der Waals surface area contributed by atoms with E-state index in [0.29, 0.717) is 25.1 Å². The highest BCUT2D eigenvalue weighted by molar-refractivity contribution is 14.1. The standard InChI is InChI=1S/C30H35IN4O3S/c1-17(2)26(35-15-21-8-5-6-9-23(21)29(35)37)30(38)34-13-7-10-25(34)28(36)33-18(3)22-12-11-20(14-24(22)31)27-19(4)32-16-39-27/h5-6,8-9,11-12,14,16-18,25-26,28,33,36H,7,10,13,15H2,1-4H3/t18?,25?,26-,28?/m0/s1.